The van der Waals surface area contributed by atoms with Crippen LogP contribution in [0.5, 0.6) is 0 Å². The van der Waals surface area contributed by atoms with Crippen molar-refractivity contribution in [2.45, 2.75) is 26.2 Å². The number of rotatable bonds is 6. The lowest BCUT2D eigenvalue weighted by molar-refractivity contribution is -0.141. The maximum Gasteiger partial charge on any atom is 0.311 e. The van der Waals surface area contributed by atoms with E-state index in [1.165, 1.54) is 0 Å². The SMILES string of the molecule is CCOC(=O)CC1=Nc2nccc(C(=O)Cc3cccc(Cl)c3)c2C1. The Kier molecular flexibility index (Phi) is 5.24. The summed E-state index contributed by atoms with van der Waals surface area (Å²) in [4.78, 5) is 32.9. The Balaban J connectivity index is 1.76. The molecule has 0 saturated heterocycles. The number of ether oxygens (including phenoxy) is 1. The number of esters is 1. The molecule has 1 aromatic carbocycles. The van der Waals surface area contributed by atoms with E-state index in [9.17, 15) is 9.59 Å². The number of aromatic nitrogens is 1. The monoisotopic (exact) mass is 356 g/mol. The van der Waals surface area contributed by atoms with Gasteiger partial charge in [0, 0.05) is 40.9 Å². The molecule has 0 bridgehead atoms. The number of benzene rings is 1. The molecule has 1 aromatic heterocycles. The van der Waals surface area contributed by atoms with Gasteiger partial charge in [0.15, 0.2) is 11.6 Å². The van der Waals surface area contributed by atoms with E-state index in [1.807, 2.05) is 12.1 Å². The standard InChI is InChI=1S/C19H17ClN2O3/c1-2-25-18(24)11-14-10-16-15(6-7-21-19(16)22-14)17(23)9-12-4-3-5-13(20)8-12/h3-8H,2,9-11H2,1H3. The summed E-state index contributed by atoms with van der Waals surface area (Å²) in [5, 5.41) is 0.602. The summed E-state index contributed by atoms with van der Waals surface area (Å²) >= 11 is 5.98. The van der Waals surface area contributed by atoms with Crippen molar-refractivity contribution in [3.63, 3.8) is 0 Å². The Morgan fingerprint density at radius 1 is 1.24 bits per heavy atom. The topological polar surface area (TPSA) is 68.6 Å². The maximum absolute atomic E-state index is 12.7. The Morgan fingerprint density at radius 2 is 2.08 bits per heavy atom. The fraction of sp³-hybridized carbons (Fsp3) is 0.263. The lowest BCUT2D eigenvalue weighted by atomic mass is 9.97. The van der Waals surface area contributed by atoms with Gasteiger partial charge in [-0.25, -0.2) is 9.98 Å². The van der Waals surface area contributed by atoms with Crippen LogP contribution in [0.25, 0.3) is 0 Å². The van der Waals surface area contributed by atoms with Crippen LogP contribution in [0, 0.1) is 0 Å². The Morgan fingerprint density at radius 3 is 2.84 bits per heavy atom. The van der Waals surface area contributed by atoms with Crippen LogP contribution in [0.2, 0.25) is 5.02 Å². The number of pyridine rings is 1. The Hall–Kier alpha value is -2.53. The molecule has 2 aromatic rings. The van der Waals surface area contributed by atoms with Crippen LogP contribution in [0.4, 0.5) is 5.82 Å². The average molecular weight is 357 g/mol. The van der Waals surface area contributed by atoms with Gasteiger partial charge in [-0.15, -0.1) is 0 Å². The second-order valence-electron chi connectivity index (χ2n) is 5.73. The van der Waals surface area contributed by atoms with E-state index in [0.29, 0.717) is 35.1 Å². The fourth-order valence-corrected chi connectivity index (χ4v) is 3.03. The fourth-order valence-electron chi connectivity index (χ4n) is 2.81. The van der Waals surface area contributed by atoms with Crippen molar-refractivity contribution in [3.8, 4) is 0 Å². The largest absolute Gasteiger partial charge is 0.466 e. The van der Waals surface area contributed by atoms with E-state index in [1.54, 1.807) is 31.3 Å². The molecule has 0 saturated carbocycles. The molecule has 6 heteroatoms. The summed E-state index contributed by atoms with van der Waals surface area (Å²) in [6.45, 7) is 2.10. The molecule has 3 rings (SSSR count). The molecule has 0 fully saturated rings. The third kappa shape index (κ3) is 4.12. The predicted molar refractivity (Wildman–Crippen MR) is 95.8 cm³/mol. The highest BCUT2D eigenvalue weighted by molar-refractivity contribution is 6.30. The van der Waals surface area contributed by atoms with E-state index >= 15 is 0 Å². The molecule has 0 unspecified atom stereocenters. The highest BCUT2D eigenvalue weighted by Crippen LogP contribution is 2.29. The molecule has 5 nitrogen and oxygen atoms in total. The van der Waals surface area contributed by atoms with Gasteiger partial charge >= 0.3 is 5.97 Å². The van der Waals surface area contributed by atoms with Crippen LogP contribution in [0.15, 0.2) is 41.5 Å². The van der Waals surface area contributed by atoms with E-state index in [4.69, 9.17) is 16.3 Å². The zero-order valence-electron chi connectivity index (χ0n) is 13.8. The van der Waals surface area contributed by atoms with Crippen LogP contribution in [0.3, 0.4) is 0 Å². The molecular weight excluding hydrogens is 340 g/mol. The van der Waals surface area contributed by atoms with Crippen molar-refractivity contribution in [1.82, 2.24) is 4.98 Å². The molecule has 0 N–H and O–H groups in total. The second-order valence-corrected chi connectivity index (χ2v) is 6.16. The van der Waals surface area contributed by atoms with Crippen LogP contribution in [-0.4, -0.2) is 29.1 Å². The van der Waals surface area contributed by atoms with Crippen molar-refractivity contribution >= 4 is 34.9 Å². The van der Waals surface area contributed by atoms with Crippen molar-refractivity contribution < 1.29 is 14.3 Å². The van der Waals surface area contributed by atoms with Gasteiger partial charge in [0.1, 0.15) is 0 Å². The molecule has 0 atom stereocenters. The van der Waals surface area contributed by atoms with Crippen molar-refractivity contribution in [2.75, 3.05) is 6.61 Å². The molecule has 0 amide bonds. The average Bonchev–Trinajstić information content (AvgIpc) is 2.97. The predicted octanol–water partition coefficient (Wildman–Crippen LogP) is 3.74. The number of aliphatic imine (C=N–C) groups is 1. The molecule has 2 heterocycles. The number of carbonyl (C=O) groups is 2. The van der Waals surface area contributed by atoms with E-state index in [2.05, 4.69) is 9.98 Å². The molecule has 128 valence electrons. The van der Waals surface area contributed by atoms with Crippen LogP contribution in [-0.2, 0) is 22.4 Å². The molecule has 1 aliphatic heterocycles. The minimum Gasteiger partial charge on any atom is -0.466 e. The van der Waals surface area contributed by atoms with Gasteiger partial charge in [0.2, 0.25) is 0 Å². The van der Waals surface area contributed by atoms with E-state index in [-0.39, 0.29) is 24.6 Å². The number of halogens is 1. The number of hydrogen-bond donors (Lipinski definition) is 0. The van der Waals surface area contributed by atoms with Crippen LogP contribution >= 0.6 is 11.6 Å². The highest BCUT2D eigenvalue weighted by atomic mass is 35.5. The summed E-state index contributed by atoms with van der Waals surface area (Å²) in [5.74, 6) is 0.172. The van der Waals surface area contributed by atoms with Crippen LogP contribution in [0.1, 0.15) is 34.8 Å². The first kappa shape index (κ1) is 17.3. The van der Waals surface area contributed by atoms with Gasteiger partial charge in [0.05, 0.1) is 13.0 Å². The third-order valence-corrected chi connectivity index (χ3v) is 4.12. The summed E-state index contributed by atoms with van der Waals surface area (Å²) in [5.41, 5.74) is 2.89. The Labute approximate surface area is 150 Å². The zero-order chi connectivity index (χ0) is 17.8. The van der Waals surface area contributed by atoms with E-state index < -0.39 is 0 Å². The first-order chi connectivity index (χ1) is 12.1. The lowest BCUT2D eigenvalue weighted by Gasteiger charge is -2.07. The summed E-state index contributed by atoms with van der Waals surface area (Å²) in [6, 6.07) is 8.95. The minimum atomic E-state index is -0.319. The summed E-state index contributed by atoms with van der Waals surface area (Å²) in [7, 11) is 0. The van der Waals surface area contributed by atoms with Gasteiger partial charge in [-0.1, -0.05) is 23.7 Å². The van der Waals surface area contributed by atoms with Gasteiger partial charge in [-0.2, -0.15) is 0 Å². The van der Waals surface area contributed by atoms with Crippen LogP contribution < -0.4 is 0 Å². The molecule has 25 heavy (non-hydrogen) atoms. The van der Waals surface area contributed by atoms with Crippen molar-refractivity contribution in [2.24, 2.45) is 4.99 Å². The number of ketones is 1. The lowest BCUT2D eigenvalue weighted by Crippen LogP contribution is -2.12. The molecular formula is C19H17ClN2O3. The van der Waals surface area contributed by atoms with Crippen molar-refractivity contribution in [3.05, 3.63) is 58.2 Å². The molecule has 1 aliphatic rings. The zero-order valence-corrected chi connectivity index (χ0v) is 14.5. The number of hydrogen-bond acceptors (Lipinski definition) is 5. The quantitative estimate of drug-likeness (QED) is 0.584. The van der Waals surface area contributed by atoms with Gasteiger partial charge in [0.25, 0.3) is 0 Å². The molecule has 0 spiro atoms. The second kappa shape index (κ2) is 7.57. The first-order valence-corrected chi connectivity index (χ1v) is 8.42. The molecule has 0 aliphatic carbocycles. The van der Waals surface area contributed by atoms with E-state index in [0.717, 1.165) is 11.1 Å². The number of Topliss-reactive ketones (excluding diaryl/α,β-unsaturated/α-hetero) is 1. The number of nitrogens with zero attached hydrogens (tertiary/aromatic N) is 2. The van der Waals surface area contributed by atoms with Gasteiger partial charge in [-0.05, 0) is 30.7 Å². The third-order valence-electron chi connectivity index (χ3n) is 3.89. The first-order valence-electron chi connectivity index (χ1n) is 8.04. The smallest absolute Gasteiger partial charge is 0.311 e. The summed E-state index contributed by atoms with van der Waals surface area (Å²) < 4.78 is 4.95. The van der Waals surface area contributed by atoms with Crippen molar-refractivity contribution in [1.29, 1.82) is 0 Å². The normalized spacial score (nSPS) is 12.5. The van der Waals surface area contributed by atoms with Gasteiger partial charge in [-0.3, -0.25) is 9.59 Å². The molecule has 0 radical (unpaired) electrons. The Bertz CT molecular complexity index is 861. The number of fused-ring (bicyclic) bond motifs is 1. The maximum atomic E-state index is 12.7. The summed E-state index contributed by atoms with van der Waals surface area (Å²) in [6.07, 6.45) is 2.38. The minimum absolute atomic E-state index is 0.0199. The highest BCUT2D eigenvalue weighted by Gasteiger charge is 2.24. The van der Waals surface area contributed by atoms with Gasteiger partial charge < -0.3 is 4.74 Å². The number of carbonyl (C=O) groups excluding carboxylic acids is 2.